The first-order valence-corrected chi connectivity index (χ1v) is 6.93. The van der Waals surface area contributed by atoms with Gasteiger partial charge in [-0.3, -0.25) is 4.79 Å². The number of alkyl halides is 4. The molecule has 0 heterocycles. The van der Waals surface area contributed by atoms with Crippen molar-refractivity contribution >= 4 is 29.1 Å². The number of carbonyl (C=O) groups is 1. The monoisotopic (exact) mass is 318 g/mol. The molecule has 6 heteroatoms. The lowest BCUT2D eigenvalue weighted by Crippen LogP contribution is -2.22. The van der Waals surface area contributed by atoms with Gasteiger partial charge < -0.3 is 0 Å². The van der Waals surface area contributed by atoms with Gasteiger partial charge in [0.2, 0.25) is 0 Å². The van der Waals surface area contributed by atoms with Crippen molar-refractivity contribution in [1.29, 1.82) is 0 Å². The van der Waals surface area contributed by atoms with Crippen molar-refractivity contribution in [3.63, 3.8) is 0 Å². The third-order valence-corrected chi connectivity index (χ3v) is 4.08. The second-order valence-electron chi connectivity index (χ2n) is 4.23. The fourth-order valence-electron chi connectivity index (χ4n) is 1.79. The summed E-state index contributed by atoms with van der Waals surface area (Å²) in [5.41, 5.74) is -3.56. The van der Waals surface area contributed by atoms with Crippen molar-refractivity contribution in [2.45, 2.75) is 16.1 Å². The van der Waals surface area contributed by atoms with E-state index in [2.05, 4.69) is 0 Å². The van der Waals surface area contributed by atoms with Crippen LogP contribution in [-0.4, -0.2) is 15.5 Å². The van der Waals surface area contributed by atoms with E-state index in [1.807, 2.05) is 0 Å². The summed E-state index contributed by atoms with van der Waals surface area (Å²) in [7, 11) is 0. The van der Waals surface area contributed by atoms with Crippen LogP contribution in [0.15, 0.2) is 54.1 Å². The summed E-state index contributed by atoms with van der Waals surface area (Å²) < 4.78 is 35.5. The van der Waals surface area contributed by atoms with Crippen LogP contribution in [0, 0.1) is 0 Å². The van der Waals surface area contributed by atoms with Crippen LogP contribution < -0.4 is 0 Å². The topological polar surface area (TPSA) is 17.1 Å². The molecule has 106 valence electrons. The van der Waals surface area contributed by atoms with Crippen LogP contribution in [0.2, 0.25) is 0 Å². The zero-order valence-corrected chi connectivity index (χ0v) is 11.7. The Kier molecular flexibility index (Phi) is 4.30. The Morgan fingerprint density at radius 3 is 2.40 bits per heavy atom. The van der Waals surface area contributed by atoms with Gasteiger partial charge in [-0.05, 0) is 18.2 Å². The Morgan fingerprint density at radius 2 is 1.90 bits per heavy atom. The van der Waals surface area contributed by atoms with E-state index in [9.17, 15) is 18.0 Å². The van der Waals surface area contributed by atoms with Gasteiger partial charge in [0.1, 0.15) is 4.21 Å². The van der Waals surface area contributed by atoms with Crippen LogP contribution >= 0.6 is 23.4 Å². The highest BCUT2D eigenvalue weighted by Gasteiger charge is 2.41. The highest BCUT2D eigenvalue weighted by Crippen LogP contribution is 2.47. The van der Waals surface area contributed by atoms with Crippen LogP contribution in [0.4, 0.5) is 13.2 Å². The van der Waals surface area contributed by atoms with Crippen LogP contribution in [0.1, 0.15) is 16.8 Å². The largest absolute Gasteiger partial charge is 0.443 e. The molecule has 1 aromatic rings. The molecule has 0 aromatic heterocycles. The highest BCUT2D eigenvalue weighted by molar-refractivity contribution is 8.02. The van der Waals surface area contributed by atoms with E-state index in [1.165, 1.54) is 18.2 Å². The van der Waals surface area contributed by atoms with E-state index < -0.39 is 9.71 Å². The number of ketones is 1. The number of allylic oxidation sites excluding steroid dienone is 3. The van der Waals surface area contributed by atoms with Crippen molar-refractivity contribution in [2.24, 2.45) is 0 Å². The second kappa shape index (κ2) is 5.66. The van der Waals surface area contributed by atoms with E-state index in [-0.39, 0.29) is 24.0 Å². The summed E-state index contributed by atoms with van der Waals surface area (Å²) in [6, 6.07) is 8.55. The number of halogens is 4. The van der Waals surface area contributed by atoms with E-state index in [4.69, 9.17) is 11.6 Å². The molecule has 0 saturated carbocycles. The van der Waals surface area contributed by atoms with Crippen molar-refractivity contribution in [3.05, 3.63) is 59.7 Å². The summed E-state index contributed by atoms with van der Waals surface area (Å²) in [5, 5.41) is 0. The normalized spacial score (nSPS) is 22.5. The molecular formula is C14H10ClF3OS. The summed E-state index contributed by atoms with van der Waals surface area (Å²) >= 11 is 5.59. The molecule has 1 unspecified atom stereocenters. The van der Waals surface area contributed by atoms with E-state index in [1.54, 1.807) is 30.3 Å². The molecule has 0 radical (unpaired) electrons. The minimum atomic E-state index is -4.42. The molecule has 1 aromatic carbocycles. The van der Waals surface area contributed by atoms with Crippen molar-refractivity contribution in [1.82, 2.24) is 0 Å². The summed E-state index contributed by atoms with van der Waals surface area (Å²) in [5.74, 6) is -0.224. The van der Waals surface area contributed by atoms with Gasteiger partial charge in [-0.25, -0.2) is 0 Å². The number of carbonyl (C=O) groups excluding carboxylic acids is 1. The smallest absolute Gasteiger partial charge is 0.289 e. The Hall–Kier alpha value is -1.20. The van der Waals surface area contributed by atoms with Crippen LogP contribution in [-0.2, 0) is 0 Å². The third kappa shape index (κ3) is 3.90. The molecule has 20 heavy (non-hydrogen) atoms. The van der Waals surface area contributed by atoms with Gasteiger partial charge in [0.25, 0.3) is 0 Å². The zero-order valence-electron chi connectivity index (χ0n) is 10.2. The third-order valence-electron chi connectivity index (χ3n) is 2.70. The van der Waals surface area contributed by atoms with Crippen LogP contribution in [0.25, 0.3) is 0 Å². The van der Waals surface area contributed by atoms with Gasteiger partial charge in [-0.15, -0.1) is 11.6 Å². The second-order valence-corrected chi connectivity index (χ2v) is 6.52. The summed E-state index contributed by atoms with van der Waals surface area (Å²) in [6.45, 7) is 0. The predicted molar refractivity (Wildman–Crippen MR) is 74.8 cm³/mol. The quantitative estimate of drug-likeness (QED) is 0.580. The van der Waals surface area contributed by atoms with Gasteiger partial charge in [-0.1, -0.05) is 48.6 Å². The van der Waals surface area contributed by atoms with Crippen molar-refractivity contribution in [3.8, 4) is 0 Å². The first-order chi connectivity index (χ1) is 9.29. The number of thioether (sulfide) groups is 1. The van der Waals surface area contributed by atoms with E-state index >= 15 is 0 Å². The van der Waals surface area contributed by atoms with E-state index in [0.717, 1.165) is 0 Å². The molecule has 0 amide bonds. The van der Waals surface area contributed by atoms with Gasteiger partial charge in [0.15, 0.2) is 5.78 Å². The lowest BCUT2D eigenvalue weighted by atomic mass is 9.98. The Morgan fingerprint density at radius 1 is 1.25 bits per heavy atom. The average Bonchev–Trinajstić information content (AvgIpc) is 2.37. The molecule has 0 spiro atoms. The summed E-state index contributed by atoms with van der Waals surface area (Å²) in [6.07, 6.45) is 3.97. The minimum Gasteiger partial charge on any atom is -0.289 e. The van der Waals surface area contributed by atoms with E-state index in [0.29, 0.717) is 11.1 Å². The Balaban J connectivity index is 2.11. The highest BCUT2D eigenvalue weighted by atomic mass is 35.5. The first-order valence-electron chi connectivity index (χ1n) is 5.74. The molecule has 0 bridgehead atoms. The van der Waals surface area contributed by atoms with Gasteiger partial charge in [-0.2, -0.15) is 13.2 Å². The van der Waals surface area contributed by atoms with Gasteiger partial charge in [0, 0.05) is 11.1 Å². The molecule has 0 aliphatic heterocycles. The summed E-state index contributed by atoms with van der Waals surface area (Å²) in [4.78, 5) is 12.1. The van der Waals surface area contributed by atoms with Gasteiger partial charge >= 0.3 is 5.51 Å². The van der Waals surface area contributed by atoms with Crippen LogP contribution in [0.5, 0.6) is 0 Å². The molecule has 0 saturated heterocycles. The maximum Gasteiger partial charge on any atom is 0.443 e. The molecule has 1 aliphatic rings. The first kappa shape index (κ1) is 15.2. The number of Topliss-reactive ketones (excluding diaryl/α,β-unsaturated/α-hetero) is 1. The number of benzene rings is 1. The fraction of sp³-hybridized carbons (Fsp3) is 0.214. The lowest BCUT2D eigenvalue weighted by Gasteiger charge is -2.25. The molecule has 1 nitrogen and oxygen atoms in total. The van der Waals surface area contributed by atoms with Crippen molar-refractivity contribution in [2.75, 3.05) is 0 Å². The average molecular weight is 319 g/mol. The minimum absolute atomic E-state index is 0.0524. The standard InChI is InChI=1S/C14H10ClF3OS/c15-13(20-14(16,17)18)8-6-11(7-9-13)12(19)10-4-2-1-3-5-10/h1-8H,9H2. The SMILES string of the molecule is O=C(C1=CCC(Cl)(SC(F)(F)F)C=C1)c1ccccc1. The van der Waals surface area contributed by atoms with Crippen LogP contribution in [0.3, 0.4) is 0 Å². The maximum atomic E-state index is 12.4. The van der Waals surface area contributed by atoms with Gasteiger partial charge in [0.05, 0.1) is 0 Å². The zero-order chi connectivity index (χ0) is 14.8. The fourth-order valence-corrected chi connectivity index (χ4v) is 2.88. The van der Waals surface area contributed by atoms with Crippen molar-refractivity contribution < 1.29 is 18.0 Å². The maximum absolute atomic E-state index is 12.4. The lowest BCUT2D eigenvalue weighted by molar-refractivity contribution is -0.0334. The number of hydrogen-bond donors (Lipinski definition) is 0. The molecular weight excluding hydrogens is 309 g/mol. The Labute approximate surface area is 123 Å². The molecule has 1 atom stereocenters. The Bertz CT molecular complexity index is 566. The predicted octanol–water partition coefficient (Wildman–Crippen LogP) is 4.94. The molecule has 2 rings (SSSR count). The molecule has 1 aliphatic carbocycles. The molecule has 0 fully saturated rings. The molecule has 0 N–H and O–H groups in total. The number of hydrogen-bond acceptors (Lipinski definition) is 2. The number of rotatable bonds is 3.